The van der Waals surface area contributed by atoms with Gasteiger partial charge in [-0.2, -0.15) is 0 Å². The Balaban J connectivity index is 2.51. The Bertz CT molecular complexity index is 465. The van der Waals surface area contributed by atoms with E-state index in [1.54, 1.807) is 12.1 Å². The number of nitrogens with two attached hydrogens (primary N) is 1. The maximum absolute atomic E-state index is 11.8. The van der Waals surface area contributed by atoms with Crippen LogP contribution in [0.25, 0.3) is 0 Å². The summed E-state index contributed by atoms with van der Waals surface area (Å²) in [6.45, 7) is 0.891. The minimum absolute atomic E-state index is 0.0265. The summed E-state index contributed by atoms with van der Waals surface area (Å²) in [4.78, 5) is 22.8. The van der Waals surface area contributed by atoms with Crippen molar-refractivity contribution in [3.05, 3.63) is 24.3 Å². The van der Waals surface area contributed by atoms with Crippen molar-refractivity contribution in [2.75, 3.05) is 18.4 Å². The molecule has 0 bridgehead atoms. The van der Waals surface area contributed by atoms with Crippen molar-refractivity contribution < 1.29 is 19.8 Å². The Morgan fingerprint density at radius 2 is 2.10 bits per heavy atom. The lowest BCUT2D eigenvalue weighted by molar-refractivity contribution is -0.141. The molecule has 0 aliphatic rings. The Morgan fingerprint density at radius 3 is 2.70 bits per heavy atom. The van der Waals surface area contributed by atoms with Crippen LogP contribution in [-0.4, -0.2) is 41.2 Å². The van der Waals surface area contributed by atoms with Crippen molar-refractivity contribution in [1.82, 2.24) is 5.32 Å². The molecular formula is C13H19N3O4. The molecule has 0 aliphatic heterocycles. The van der Waals surface area contributed by atoms with Gasteiger partial charge in [-0.3, -0.25) is 9.59 Å². The van der Waals surface area contributed by atoms with Crippen LogP contribution < -0.4 is 16.4 Å². The number of aliphatic carboxylic acids is 1. The number of hydrogen-bond donors (Lipinski definition) is 5. The van der Waals surface area contributed by atoms with E-state index < -0.39 is 17.9 Å². The SMILES string of the molecule is NCCCN[C@@H](CC(=O)Nc1cccc(O)c1)C(=O)O. The van der Waals surface area contributed by atoms with Crippen molar-refractivity contribution in [3.8, 4) is 5.75 Å². The van der Waals surface area contributed by atoms with Gasteiger partial charge in [-0.15, -0.1) is 0 Å². The minimum Gasteiger partial charge on any atom is -0.508 e. The molecule has 7 nitrogen and oxygen atoms in total. The zero-order chi connectivity index (χ0) is 15.0. The van der Waals surface area contributed by atoms with E-state index in [0.717, 1.165) is 0 Å². The summed E-state index contributed by atoms with van der Waals surface area (Å²) in [6, 6.07) is 5.09. The molecule has 1 atom stereocenters. The molecule has 0 radical (unpaired) electrons. The molecule has 7 heteroatoms. The average Bonchev–Trinajstić information content (AvgIpc) is 2.37. The first kappa shape index (κ1) is 15.9. The van der Waals surface area contributed by atoms with Gasteiger partial charge in [0, 0.05) is 11.8 Å². The summed E-state index contributed by atoms with van der Waals surface area (Å²) >= 11 is 0. The summed E-state index contributed by atoms with van der Waals surface area (Å²) in [5, 5.41) is 23.6. The molecule has 0 heterocycles. The first-order chi connectivity index (χ1) is 9.52. The van der Waals surface area contributed by atoms with Gasteiger partial charge in [0.05, 0.1) is 6.42 Å². The lowest BCUT2D eigenvalue weighted by Gasteiger charge is -2.14. The highest BCUT2D eigenvalue weighted by molar-refractivity contribution is 5.94. The number of phenolic OH excluding ortho intramolecular Hbond substituents is 1. The fourth-order valence-corrected chi connectivity index (χ4v) is 1.61. The molecule has 110 valence electrons. The monoisotopic (exact) mass is 281 g/mol. The van der Waals surface area contributed by atoms with Crippen LogP contribution in [0, 0.1) is 0 Å². The van der Waals surface area contributed by atoms with Crippen LogP contribution in [0.1, 0.15) is 12.8 Å². The minimum atomic E-state index is -1.09. The van der Waals surface area contributed by atoms with Crippen LogP contribution in [0.4, 0.5) is 5.69 Å². The van der Waals surface area contributed by atoms with E-state index in [-0.39, 0.29) is 12.2 Å². The smallest absolute Gasteiger partial charge is 0.321 e. The number of amides is 1. The summed E-state index contributed by atoms with van der Waals surface area (Å²) in [7, 11) is 0. The summed E-state index contributed by atoms with van der Waals surface area (Å²) in [5.74, 6) is -1.50. The number of nitrogens with one attached hydrogen (secondary N) is 2. The molecule has 0 aromatic heterocycles. The molecule has 0 saturated heterocycles. The second-order valence-corrected chi connectivity index (χ2v) is 4.29. The third kappa shape index (κ3) is 5.68. The van der Waals surface area contributed by atoms with Crippen LogP contribution in [0.5, 0.6) is 5.75 Å². The molecule has 20 heavy (non-hydrogen) atoms. The number of anilines is 1. The van der Waals surface area contributed by atoms with Crippen molar-refractivity contribution in [2.45, 2.75) is 18.9 Å². The van der Waals surface area contributed by atoms with Crippen LogP contribution in [0.15, 0.2) is 24.3 Å². The second kappa shape index (κ2) is 8.13. The lowest BCUT2D eigenvalue weighted by atomic mass is 10.2. The van der Waals surface area contributed by atoms with Crippen LogP contribution >= 0.6 is 0 Å². The van der Waals surface area contributed by atoms with Gasteiger partial charge < -0.3 is 26.6 Å². The van der Waals surface area contributed by atoms with Crippen LogP contribution in [-0.2, 0) is 9.59 Å². The van der Waals surface area contributed by atoms with Gasteiger partial charge in [0.1, 0.15) is 11.8 Å². The highest BCUT2D eigenvalue weighted by atomic mass is 16.4. The first-order valence-corrected chi connectivity index (χ1v) is 6.28. The summed E-state index contributed by atoms with van der Waals surface area (Å²) in [6.07, 6.45) is 0.438. The van der Waals surface area contributed by atoms with Crippen LogP contribution in [0.3, 0.4) is 0 Å². The number of rotatable bonds is 8. The van der Waals surface area contributed by atoms with Crippen molar-refractivity contribution in [1.29, 1.82) is 0 Å². The molecule has 0 saturated carbocycles. The van der Waals surface area contributed by atoms with Gasteiger partial charge in [-0.05, 0) is 31.6 Å². The van der Waals surface area contributed by atoms with E-state index >= 15 is 0 Å². The summed E-state index contributed by atoms with van der Waals surface area (Å²) < 4.78 is 0. The predicted molar refractivity (Wildman–Crippen MR) is 74.5 cm³/mol. The van der Waals surface area contributed by atoms with Crippen molar-refractivity contribution >= 4 is 17.6 Å². The molecule has 6 N–H and O–H groups in total. The van der Waals surface area contributed by atoms with Gasteiger partial charge in [0.2, 0.25) is 5.91 Å². The Hall–Kier alpha value is -2.12. The number of carbonyl (C=O) groups is 2. The van der Waals surface area contributed by atoms with E-state index in [4.69, 9.17) is 10.8 Å². The Morgan fingerprint density at radius 1 is 1.35 bits per heavy atom. The van der Waals surface area contributed by atoms with E-state index in [1.807, 2.05) is 0 Å². The largest absolute Gasteiger partial charge is 0.508 e. The molecule has 0 fully saturated rings. The summed E-state index contributed by atoms with van der Waals surface area (Å²) in [5.41, 5.74) is 5.74. The molecule has 0 spiro atoms. The number of carboxylic acid groups (broad SMARTS) is 1. The zero-order valence-electron chi connectivity index (χ0n) is 11.0. The topological polar surface area (TPSA) is 125 Å². The number of carbonyl (C=O) groups excluding carboxylic acids is 1. The molecule has 1 aromatic rings. The molecular weight excluding hydrogens is 262 g/mol. The average molecular weight is 281 g/mol. The maximum Gasteiger partial charge on any atom is 0.321 e. The second-order valence-electron chi connectivity index (χ2n) is 4.29. The number of phenols is 1. The standard InChI is InChI=1S/C13H19N3O4/c14-5-2-6-15-11(13(19)20)8-12(18)16-9-3-1-4-10(17)7-9/h1,3-4,7,11,15,17H,2,5-6,8,14H2,(H,16,18)(H,19,20)/t11-/m0/s1. The van der Waals surface area contributed by atoms with Gasteiger partial charge >= 0.3 is 5.97 Å². The Kier molecular flexibility index (Phi) is 6.48. The third-order valence-corrected chi connectivity index (χ3v) is 2.59. The molecule has 1 rings (SSSR count). The third-order valence-electron chi connectivity index (χ3n) is 2.59. The van der Waals surface area contributed by atoms with E-state index in [2.05, 4.69) is 10.6 Å². The zero-order valence-corrected chi connectivity index (χ0v) is 11.0. The number of benzene rings is 1. The quantitative estimate of drug-likeness (QED) is 0.431. The van der Waals surface area contributed by atoms with Crippen LogP contribution in [0.2, 0.25) is 0 Å². The molecule has 0 aliphatic carbocycles. The highest BCUT2D eigenvalue weighted by Gasteiger charge is 2.20. The molecule has 1 amide bonds. The molecule has 1 aromatic carbocycles. The number of aromatic hydroxyl groups is 1. The fraction of sp³-hybridized carbons (Fsp3) is 0.385. The maximum atomic E-state index is 11.8. The molecule has 0 unspecified atom stereocenters. The van der Waals surface area contributed by atoms with Crippen molar-refractivity contribution in [2.24, 2.45) is 5.73 Å². The lowest BCUT2D eigenvalue weighted by Crippen LogP contribution is -2.40. The number of hydrogen-bond acceptors (Lipinski definition) is 5. The van der Waals surface area contributed by atoms with E-state index in [1.165, 1.54) is 12.1 Å². The van der Waals surface area contributed by atoms with Crippen molar-refractivity contribution in [3.63, 3.8) is 0 Å². The van der Waals surface area contributed by atoms with Gasteiger partial charge in [0.25, 0.3) is 0 Å². The Labute approximate surface area is 116 Å². The van der Waals surface area contributed by atoms with Gasteiger partial charge in [-0.1, -0.05) is 6.07 Å². The fourth-order valence-electron chi connectivity index (χ4n) is 1.61. The van der Waals surface area contributed by atoms with Gasteiger partial charge in [0.15, 0.2) is 0 Å². The van der Waals surface area contributed by atoms with E-state index in [0.29, 0.717) is 25.2 Å². The van der Waals surface area contributed by atoms with E-state index in [9.17, 15) is 14.7 Å². The highest BCUT2D eigenvalue weighted by Crippen LogP contribution is 2.15. The first-order valence-electron chi connectivity index (χ1n) is 6.28. The predicted octanol–water partition coefficient (Wildman–Crippen LogP) is 0.112. The van der Waals surface area contributed by atoms with Gasteiger partial charge in [-0.25, -0.2) is 0 Å². The number of carboxylic acids is 1. The normalized spacial score (nSPS) is 11.8.